The van der Waals surface area contributed by atoms with Crippen molar-refractivity contribution in [3.8, 4) is 5.75 Å². The van der Waals surface area contributed by atoms with Crippen LogP contribution in [0.5, 0.6) is 5.75 Å². The summed E-state index contributed by atoms with van der Waals surface area (Å²) in [6.45, 7) is 2.11. The minimum absolute atomic E-state index is 0.00980. The first-order chi connectivity index (χ1) is 11.6. The van der Waals surface area contributed by atoms with Gasteiger partial charge in [0.15, 0.2) is 5.78 Å². The van der Waals surface area contributed by atoms with Crippen molar-refractivity contribution in [3.05, 3.63) is 69.3 Å². The Hall–Kier alpha value is -2.21. The van der Waals surface area contributed by atoms with Crippen molar-refractivity contribution in [3.63, 3.8) is 0 Å². The number of aryl methyl sites for hydroxylation is 1. The van der Waals surface area contributed by atoms with Crippen molar-refractivity contribution >= 4 is 27.4 Å². The molecule has 6 heteroatoms. The average Bonchev–Trinajstić information content (AvgIpc) is 2.60. The van der Waals surface area contributed by atoms with Gasteiger partial charge in [0.05, 0.1) is 21.4 Å². The summed E-state index contributed by atoms with van der Waals surface area (Å²) in [6, 6.07) is 11.9. The molecule has 0 spiro atoms. The van der Waals surface area contributed by atoms with Crippen LogP contribution < -0.4 is 4.74 Å². The molecule has 0 saturated carbocycles. The lowest BCUT2D eigenvalue weighted by molar-refractivity contribution is -0.385. The Balaban J connectivity index is 2.29. The van der Waals surface area contributed by atoms with Crippen molar-refractivity contribution in [1.82, 2.24) is 0 Å². The lowest BCUT2D eigenvalue weighted by Crippen LogP contribution is -2.07. The van der Waals surface area contributed by atoms with E-state index in [4.69, 9.17) is 4.74 Å². The number of ketones is 1. The van der Waals surface area contributed by atoms with Crippen LogP contribution in [0.4, 0.5) is 5.69 Å². The lowest BCUT2D eigenvalue weighted by atomic mass is 10.0. The number of ether oxygens (including phenoxy) is 1. The smallest absolute Gasteiger partial charge is 0.276 e. The largest absolute Gasteiger partial charge is 0.488 e. The molecule has 0 heterocycles. The molecule has 0 unspecified atom stereocenters. The van der Waals surface area contributed by atoms with E-state index in [9.17, 15) is 14.9 Å². The third kappa shape index (κ3) is 4.41. The number of para-hydroxylation sites is 1. The highest BCUT2D eigenvalue weighted by Gasteiger charge is 2.16. The molecule has 2 aromatic rings. The third-order valence-corrected chi connectivity index (χ3v) is 4.09. The van der Waals surface area contributed by atoms with Crippen LogP contribution in [0.1, 0.15) is 34.8 Å². The van der Waals surface area contributed by atoms with Crippen LogP contribution in [-0.4, -0.2) is 16.0 Å². The molecule has 0 aliphatic rings. The van der Waals surface area contributed by atoms with Crippen LogP contribution >= 0.6 is 15.9 Å². The molecule has 0 aliphatic heterocycles. The van der Waals surface area contributed by atoms with Gasteiger partial charge in [-0.15, -0.1) is 0 Å². The first-order valence-corrected chi connectivity index (χ1v) is 8.76. The molecule has 0 bridgehead atoms. The van der Waals surface area contributed by atoms with Gasteiger partial charge in [-0.1, -0.05) is 47.5 Å². The summed E-state index contributed by atoms with van der Waals surface area (Å²) in [5, 5.41) is 11.3. The molecule has 2 aromatic carbocycles. The van der Waals surface area contributed by atoms with Crippen LogP contribution in [-0.2, 0) is 13.0 Å². The Bertz CT molecular complexity index is 746. The van der Waals surface area contributed by atoms with Gasteiger partial charge in [-0.2, -0.15) is 0 Å². The van der Waals surface area contributed by atoms with Gasteiger partial charge in [0, 0.05) is 6.07 Å². The van der Waals surface area contributed by atoms with Crippen LogP contribution in [0.25, 0.3) is 0 Å². The highest BCUT2D eigenvalue weighted by molar-refractivity contribution is 9.09. The maximum absolute atomic E-state index is 12.1. The van der Waals surface area contributed by atoms with Crippen LogP contribution in [0.3, 0.4) is 0 Å². The zero-order chi connectivity index (χ0) is 17.5. The second-order valence-corrected chi connectivity index (χ2v) is 5.87. The Kier molecular flexibility index (Phi) is 6.49. The minimum Gasteiger partial charge on any atom is -0.488 e. The second-order valence-electron chi connectivity index (χ2n) is 5.31. The number of nitro benzene ring substituents is 1. The predicted molar refractivity (Wildman–Crippen MR) is 96.0 cm³/mol. The monoisotopic (exact) mass is 391 g/mol. The van der Waals surface area contributed by atoms with Crippen molar-refractivity contribution in [2.45, 2.75) is 26.4 Å². The Morgan fingerprint density at radius 2 is 2.00 bits per heavy atom. The second kappa shape index (κ2) is 8.59. The van der Waals surface area contributed by atoms with Crippen LogP contribution in [0, 0.1) is 10.1 Å². The molecule has 0 atom stereocenters. The SMILES string of the molecule is CCCc1ccc(C(=O)CBr)c(OCc2ccccc2[N+](=O)[O-])c1. The number of nitrogens with zero attached hydrogens (tertiary/aromatic N) is 1. The number of hydrogen-bond donors (Lipinski definition) is 0. The Morgan fingerprint density at radius 1 is 1.25 bits per heavy atom. The summed E-state index contributed by atoms with van der Waals surface area (Å²) in [5.41, 5.74) is 2.03. The highest BCUT2D eigenvalue weighted by Crippen LogP contribution is 2.26. The van der Waals surface area contributed by atoms with Crippen molar-refractivity contribution < 1.29 is 14.5 Å². The fourth-order valence-electron chi connectivity index (χ4n) is 2.40. The number of carbonyl (C=O) groups is 1. The van der Waals surface area contributed by atoms with Gasteiger partial charge < -0.3 is 4.74 Å². The van der Waals surface area contributed by atoms with E-state index in [2.05, 4.69) is 22.9 Å². The molecule has 2 rings (SSSR count). The molecule has 0 amide bonds. The predicted octanol–water partition coefficient (Wildman–Crippen LogP) is 4.70. The topological polar surface area (TPSA) is 69.4 Å². The Morgan fingerprint density at radius 3 is 2.67 bits per heavy atom. The number of Topliss-reactive ketones (excluding diaryl/α,β-unsaturated/α-hetero) is 1. The quantitative estimate of drug-likeness (QED) is 0.283. The molecule has 0 saturated heterocycles. The van der Waals surface area contributed by atoms with E-state index >= 15 is 0 Å². The summed E-state index contributed by atoms with van der Waals surface area (Å²) in [4.78, 5) is 22.7. The fraction of sp³-hybridized carbons (Fsp3) is 0.278. The van der Waals surface area contributed by atoms with Crippen molar-refractivity contribution in [2.24, 2.45) is 0 Å². The minimum atomic E-state index is -0.434. The number of alkyl halides is 1. The molecular weight excluding hydrogens is 374 g/mol. The molecule has 0 N–H and O–H groups in total. The number of halogens is 1. The highest BCUT2D eigenvalue weighted by atomic mass is 79.9. The maximum Gasteiger partial charge on any atom is 0.276 e. The standard InChI is InChI=1S/C18H18BrNO4/c1-2-5-13-8-9-15(17(21)11-19)18(10-13)24-12-14-6-3-4-7-16(14)20(22)23/h3-4,6-10H,2,5,11-12H2,1H3. The fourth-order valence-corrected chi connectivity index (χ4v) is 2.70. The zero-order valence-electron chi connectivity index (χ0n) is 13.3. The van der Waals surface area contributed by atoms with Gasteiger partial charge in [0.25, 0.3) is 5.69 Å². The van der Waals surface area contributed by atoms with Crippen LogP contribution in [0.2, 0.25) is 0 Å². The number of carbonyl (C=O) groups excluding carboxylic acids is 1. The van der Waals surface area contributed by atoms with E-state index in [1.807, 2.05) is 12.1 Å². The number of nitro groups is 1. The molecule has 0 fully saturated rings. The summed E-state index contributed by atoms with van der Waals surface area (Å²) in [5.74, 6) is 0.374. The third-order valence-electron chi connectivity index (χ3n) is 3.58. The summed E-state index contributed by atoms with van der Waals surface area (Å²) >= 11 is 3.17. The van der Waals surface area contributed by atoms with E-state index in [0.29, 0.717) is 16.9 Å². The zero-order valence-corrected chi connectivity index (χ0v) is 14.9. The maximum atomic E-state index is 12.1. The van der Waals surface area contributed by atoms with Crippen molar-refractivity contribution in [2.75, 3.05) is 5.33 Å². The summed E-state index contributed by atoms with van der Waals surface area (Å²) in [6.07, 6.45) is 1.86. The van der Waals surface area contributed by atoms with Gasteiger partial charge in [-0.05, 0) is 30.2 Å². The molecule has 0 aromatic heterocycles. The van der Waals surface area contributed by atoms with Gasteiger partial charge in [0.2, 0.25) is 0 Å². The van der Waals surface area contributed by atoms with E-state index < -0.39 is 4.92 Å². The molecule has 5 nitrogen and oxygen atoms in total. The van der Waals surface area contributed by atoms with Gasteiger partial charge >= 0.3 is 0 Å². The summed E-state index contributed by atoms with van der Waals surface area (Å²) in [7, 11) is 0. The van der Waals surface area contributed by atoms with E-state index in [0.717, 1.165) is 18.4 Å². The van der Waals surface area contributed by atoms with Gasteiger partial charge in [0.1, 0.15) is 12.4 Å². The first kappa shape index (κ1) is 18.1. The average molecular weight is 392 g/mol. The number of benzene rings is 2. The first-order valence-electron chi connectivity index (χ1n) is 7.64. The van der Waals surface area contributed by atoms with Crippen LogP contribution in [0.15, 0.2) is 42.5 Å². The number of hydrogen-bond acceptors (Lipinski definition) is 4. The van der Waals surface area contributed by atoms with E-state index in [-0.39, 0.29) is 23.4 Å². The lowest BCUT2D eigenvalue weighted by Gasteiger charge is -2.12. The van der Waals surface area contributed by atoms with E-state index in [1.54, 1.807) is 24.3 Å². The molecule has 126 valence electrons. The summed E-state index contributed by atoms with van der Waals surface area (Å²) < 4.78 is 5.78. The molecule has 0 aliphatic carbocycles. The number of rotatable bonds is 8. The Labute approximate surface area is 148 Å². The molecule has 0 radical (unpaired) electrons. The van der Waals surface area contributed by atoms with Gasteiger partial charge in [-0.3, -0.25) is 14.9 Å². The normalized spacial score (nSPS) is 10.4. The van der Waals surface area contributed by atoms with Crippen molar-refractivity contribution in [1.29, 1.82) is 0 Å². The molecular formula is C18H18BrNO4. The van der Waals surface area contributed by atoms with E-state index in [1.165, 1.54) is 6.07 Å². The molecule has 24 heavy (non-hydrogen) atoms. The van der Waals surface area contributed by atoms with Gasteiger partial charge in [-0.25, -0.2) is 0 Å².